The number of carbonyl (C=O) groups excluding carboxylic acids is 1. The van der Waals surface area contributed by atoms with Gasteiger partial charge in [0.15, 0.2) is 0 Å². The van der Waals surface area contributed by atoms with Gasteiger partial charge >= 0.3 is 6.09 Å². The Balaban J connectivity index is 4.44. The predicted octanol–water partition coefficient (Wildman–Crippen LogP) is 1.78. The van der Waals surface area contributed by atoms with Crippen LogP contribution in [0.2, 0.25) is 0 Å². The Morgan fingerprint density at radius 1 is 1.69 bits per heavy atom. The van der Waals surface area contributed by atoms with Gasteiger partial charge in [-0.1, -0.05) is 12.7 Å². The molecule has 0 aromatic rings. The van der Waals surface area contributed by atoms with Crippen molar-refractivity contribution in [2.24, 2.45) is 0 Å². The molecule has 0 unspecified atom stereocenters. The molecular weight excluding hydrogens is 166 g/mol. The second-order valence-electron chi connectivity index (χ2n) is 2.39. The molecule has 0 aromatic heterocycles. The zero-order valence-electron chi connectivity index (χ0n) is 7.96. The second kappa shape index (κ2) is 5.90. The molecule has 0 aliphatic rings. The van der Waals surface area contributed by atoms with E-state index in [0.29, 0.717) is 12.1 Å². The Hall–Kier alpha value is -1.69. The molecule has 0 spiro atoms. The summed E-state index contributed by atoms with van der Waals surface area (Å²) < 4.78 is 4.50. The molecule has 3 nitrogen and oxygen atoms in total. The van der Waals surface area contributed by atoms with E-state index in [-0.39, 0.29) is 0 Å². The molecule has 0 heterocycles. The zero-order chi connectivity index (χ0) is 10.3. The normalized spacial score (nSPS) is 7.85. The molecule has 70 valence electrons. The van der Waals surface area contributed by atoms with Crippen molar-refractivity contribution in [2.45, 2.75) is 6.92 Å². The first-order valence-electron chi connectivity index (χ1n) is 3.75. The second-order valence-corrected chi connectivity index (χ2v) is 2.39. The quantitative estimate of drug-likeness (QED) is 0.367. The Labute approximate surface area is 78.7 Å². The summed E-state index contributed by atoms with van der Waals surface area (Å²) in [5.74, 6) is 2.68. The van der Waals surface area contributed by atoms with Crippen LogP contribution in [0, 0.1) is 12.0 Å². The van der Waals surface area contributed by atoms with E-state index in [1.54, 1.807) is 13.0 Å². The van der Waals surface area contributed by atoms with Gasteiger partial charge in [-0.15, -0.1) is 6.58 Å². The maximum Gasteiger partial charge on any atom is 0.421 e. The van der Waals surface area contributed by atoms with E-state index in [4.69, 9.17) is 0 Å². The molecule has 0 rings (SSSR count). The standard InChI is InChI=1S/C10H13NO2/c1-5-7-11(10(12)13-4)8-6-9(2)3/h5H,1-2,7H2,3-4H3. The molecule has 0 aliphatic heterocycles. The molecule has 0 atom stereocenters. The van der Waals surface area contributed by atoms with Crippen LogP contribution in [-0.2, 0) is 4.74 Å². The zero-order valence-corrected chi connectivity index (χ0v) is 7.96. The number of ether oxygens (including phenoxy) is 1. The summed E-state index contributed by atoms with van der Waals surface area (Å²) in [5.41, 5.74) is 0.693. The molecule has 3 heteroatoms. The van der Waals surface area contributed by atoms with Crippen LogP contribution in [0.5, 0.6) is 0 Å². The van der Waals surface area contributed by atoms with Crippen molar-refractivity contribution in [2.75, 3.05) is 13.7 Å². The minimum absolute atomic E-state index is 0.340. The SMILES string of the molecule is C=CCN(C#CC(=C)C)C(=O)OC. The number of allylic oxidation sites excluding steroid dienone is 1. The van der Waals surface area contributed by atoms with E-state index in [9.17, 15) is 4.79 Å². The highest BCUT2D eigenvalue weighted by molar-refractivity contribution is 5.70. The number of hydrogen-bond donors (Lipinski definition) is 0. The van der Waals surface area contributed by atoms with Crippen molar-refractivity contribution >= 4 is 6.09 Å². The van der Waals surface area contributed by atoms with Gasteiger partial charge < -0.3 is 4.74 Å². The van der Waals surface area contributed by atoms with Crippen molar-refractivity contribution in [1.29, 1.82) is 0 Å². The van der Waals surface area contributed by atoms with Crippen LogP contribution in [0.1, 0.15) is 6.92 Å². The third-order valence-corrected chi connectivity index (χ3v) is 1.11. The number of rotatable bonds is 2. The van der Waals surface area contributed by atoms with Gasteiger partial charge in [-0.05, 0) is 18.4 Å². The van der Waals surface area contributed by atoms with Gasteiger partial charge in [0.25, 0.3) is 0 Å². The first kappa shape index (κ1) is 11.3. The van der Waals surface area contributed by atoms with Crippen LogP contribution in [-0.4, -0.2) is 24.6 Å². The molecule has 0 aliphatic carbocycles. The summed E-state index contributed by atoms with van der Waals surface area (Å²) in [6.45, 7) is 9.20. The van der Waals surface area contributed by atoms with Crippen LogP contribution < -0.4 is 0 Å². The third-order valence-electron chi connectivity index (χ3n) is 1.11. The first-order valence-corrected chi connectivity index (χ1v) is 3.75. The van der Waals surface area contributed by atoms with Gasteiger partial charge in [-0.2, -0.15) is 0 Å². The molecule has 0 fully saturated rings. The Kier molecular flexibility index (Phi) is 5.13. The Morgan fingerprint density at radius 3 is 2.69 bits per heavy atom. The highest BCUT2D eigenvalue weighted by Gasteiger charge is 2.07. The summed E-state index contributed by atoms with van der Waals surface area (Å²) in [6, 6.07) is 2.61. The van der Waals surface area contributed by atoms with Crippen LogP contribution >= 0.6 is 0 Å². The molecule has 0 aromatic carbocycles. The largest absolute Gasteiger partial charge is 0.452 e. The summed E-state index contributed by atoms with van der Waals surface area (Å²) in [5, 5.41) is 0. The van der Waals surface area contributed by atoms with E-state index >= 15 is 0 Å². The average molecular weight is 179 g/mol. The summed E-state index contributed by atoms with van der Waals surface area (Å²) in [7, 11) is 1.31. The smallest absolute Gasteiger partial charge is 0.421 e. The van der Waals surface area contributed by atoms with E-state index in [1.807, 2.05) is 0 Å². The van der Waals surface area contributed by atoms with E-state index in [2.05, 4.69) is 29.9 Å². The van der Waals surface area contributed by atoms with Gasteiger partial charge in [0.2, 0.25) is 0 Å². The molecule has 0 saturated carbocycles. The monoisotopic (exact) mass is 179 g/mol. The number of nitrogens with zero attached hydrogens (tertiary/aromatic N) is 1. The van der Waals surface area contributed by atoms with Gasteiger partial charge in [-0.25, -0.2) is 9.69 Å². The lowest BCUT2D eigenvalue weighted by Crippen LogP contribution is -2.26. The van der Waals surface area contributed by atoms with Gasteiger partial charge in [0.05, 0.1) is 13.7 Å². The highest BCUT2D eigenvalue weighted by atomic mass is 16.5. The number of methoxy groups -OCH3 is 1. The van der Waals surface area contributed by atoms with Gasteiger partial charge in [0.1, 0.15) is 0 Å². The summed E-state index contributed by atoms with van der Waals surface area (Å²) in [6.07, 6.45) is 1.08. The van der Waals surface area contributed by atoms with Crippen LogP contribution in [0.25, 0.3) is 0 Å². The molecule has 0 bridgehead atoms. The fourth-order valence-corrected chi connectivity index (χ4v) is 0.568. The van der Waals surface area contributed by atoms with E-state index < -0.39 is 6.09 Å². The Bertz CT molecular complexity index is 270. The number of carbonyl (C=O) groups is 1. The van der Waals surface area contributed by atoms with Crippen molar-refractivity contribution in [3.8, 4) is 12.0 Å². The average Bonchev–Trinajstić information content (AvgIpc) is 2.10. The minimum atomic E-state index is -0.492. The molecule has 0 N–H and O–H groups in total. The third kappa shape index (κ3) is 4.70. The van der Waals surface area contributed by atoms with Crippen LogP contribution in [0.4, 0.5) is 4.79 Å². The molecular formula is C10H13NO2. The van der Waals surface area contributed by atoms with Crippen molar-refractivity contribution < 1.29 is 9.53 Å². The van der Waals surface area contributed by atoms with Gasteiger partial charge in [-0.3, -0.25) is 0 Å². The van der Waals surface area contributed by atoms with Crippen molar-refractivity contribution in [3.05, 3.63) is 24.8 Å². The number of hydrogen-bond acceptors (Lipinski definition) is 2. The fourth-order valence-electron chi connectivity index (χ4n) is 0.568. The lowest BCUT2D eigenvalue weighted by molar-refractivity contribution is 0.146. The van der Waals surface area contributed by atoms with Gasteiger partial charge in [0, 0.05) is 6.04 Å². The number of amides is 1. The fraction of sp³-hybridized carbons (Fsp3) is 0.300. The van der Waals surface area contributed by atoms with E-state index in [0.717, 1.165) is 0 Å². The topological polar surface area (TPSA) is 29.5 Å². The predicted molar refractivity (Wildman–Crippen MR) is 51.9 cm³/mol. The molecule has 13 heavy (non-hydrogen) atoms. The maximum atomic E-state index is 11.0. The Morgan fingerprint density at radius 2 is 2.31 bits per heavy atom. The van der Waals surface area contributed by atoms with Crippen LogP contribution in [0.15, 0.2) is 24.8 Å². The lowest BCUT2D eigenvalue weighted by atomic mass is 10.4. The maximum absolute atomic E-state index is 11.0. The van der Waals surface area contributed by atoms with Crippen molar-refractivity contribution in [1.82, 2.24) is 4.90 Å². The van der Waals surface area contributed by atoms with E-state index in [1.165, 1.54) is 12.0 Å². The minimum Gasteiger partial charge on any atom is -0.452 e. The molecule has 0 saturated heterocycles. The van der Waals surface area contributed by atoms with Crippen LogP contribution in [0.3, 0.4) is 0 Å². The first-order chi connectivity index (χ1) is 6.11. The molecule has 1 amide bonds. The highest BCUT2D eigenvalue weighted by Crippen LogP contribution is 1.92. The summed E-state index contributed by atoms with van der Waals surface area (Å²) in [4.78, 5) is 12.3. The molecule has 0 radical (unpaired) electrons. The lowest BCUT2D eigenvalue weighted by Gasteiger charge is -2.10. The summed E-state index contributed by atoms with van der Waals surface area (Å²) >= 11 is 0. The van der Waals surface area contributed by atoms with Crippen molar-refractivity contribution in [3.63, 3.8) is 0 Å².